The number of ether oxygens (including phenoxy) is 1. The molecule has 0 N–H and O–H groups in total. The Balaban J connectivity index is 2.22. The SMILES string of the molecule is COc1ncccc1-c1nnc(S(=O)(=O)Cl)n1C1CC1. The van der Waals surface area contributed by atoms with E-state index in [2.05, 4.69) is 15.2 Å². The molecule has 106 valence electrons. The Bertz CT molecular complexity index is 755. The monoisotopic (exact) mass is 314 g/mol. The lowest BCUT2D eigenvalue weighted by molar-refractivity contribution is 0.399. The molecule has 9 heteroatoms. The Hall–Kier alpha value is -1.67. The zero-order valence-corrected chi connectivity index (χ0v) is 12.1. The summed E-state index contributed by atoms with van der Waals surface area (Å²) in [5.74, 6) is 0.761. The Morgan fingerprint density at radius 3 is 2.75 bits per heavy atom. The Kier molecular flexibility index (Phi) is 3.14. The number of aromatic nitrogens is 4. The minimum atomic E-state index is -3.94. The van der Waals surface area contributed by atoms with Crippen LogP contribution in [0.4, 0.5) is 0 Å². The molecule has 7 nitrogen and oxygen atoms in total. The molecule has 2 aromatic rings. The van der Waals surface area contributed by atoms with Crippen LogP contribution < -0.4 is 4.74 Å². The third kappa shape index (κ3) is 2.25. The smallest absolute Gasteiger partial charge is 0.296 e. The van der Waals surface area contributed by atoms with Gasteiger partial charge in [0.2, 0.25) is 5.88 Å². The van der Waals surface area contributed by atoms with Crippen molar-refractivity contribution in [1.82, 2.24) is 19.7 Å². The lowest BCUT2D eigenvalue weighted by Gasteiger charge is -2.09. The van der Waals surface area contributed by atoms with Crippen molar-refractivity contribution in [3.63, 3.8) is 0 Å². The number of methoxy groups -OCH3 is 1. The van der Waals surface area contributed by atoms with Gasteiger partial charge in [-0.15, -0.1) is 10.2 Å². The van der Waals surface area contributed by atoms with E-state index < -0.39 is 9.05 Å². The molecule has 0 spiro atoms. The quantitative estimate of drug-likeness (QED) is 0.797. The topological polar surface area (TPSA) is 87.0 Å². The number of hydrogen-bond acceptors (Lipinski definition) is 6. The number of rotatable bonds is 4. The zero-order chi connectivity index (χ0) is 14.3. The van der Waals surface area contributed by atoms with Gasteiger partial charge in [0.15, 0.2) is 5.82 Å². The highest BCUT2D eigenvalue weighted by molar-refractivity contribution is 8.13. The van der Waals surface area contributed by atoms with E-state index >= 15 is 0 Å². The van der Waals surface area contributed by atoms with Crippen molar-refractivity contribution in [3.05, 3.63) is 18.3 Å². The molecule has 0 bridgehead atoms. The van der Waals surface area contributed by atoms with Gasteiger partial charge in [-0.3, -0.25) is 4.57 Å². The van der Waals surface area contributed by atoms with E-state index in [4.69, 9.17) is 15.4 Å². The van der Waals surface area contributed by atoms with Crippen LogP contribution >= 0.6 is 10.7 Å². The van der Waals surface area contributed by atoms with E-state index in [0.717, 1.165) is 12.8 Å². The largest absolute Gasteiger partial charge is 0.480 e. The van der Waals surface area contributed by atoms with E-state index in [1.165, 1.54) is 7.11 Å². The minimum absolute atomic E-state index is 0.0495. The highest BCUT2D eigenvalue weighted by Crippen LogP contribution is 2.41. The van der Waals surface area contributed by atoms with E-state index in [9.17, 15) is 8.42 Å². The molecule has 0 amide bonds. The maximum atomic E-state index is 11.6. The highest BCUT2D eigenvalue weighted by Gasteiger charge is 2.34. The first kappa shape index (κ1) is 13.3. The molecule has 3 rings (SSSR count). The van der Waals surface area contributed by atoms with Crippen molar-refractivity contribution in [2.75, 3.05) is 7.11 Å². The van der Waals surface area contributed by atoms with Gasteiger partial charge in [0.1, 0.15) is 0 Å². The summed E-state index contributed by atoms with van der Waals surface area (Å²) >= 11 is 0. The molecule has 20 heavy (non-hydrogen) atoms. The number of nitrogens with zero attached hydrogens (tertiary/aromatic N) is 4. The highest BCUT2D eigenvalue weighted by atomic mass is 35.7. The van der Waals surface area contributed by atoms with E-state index in [1.54, 1.807) is 22.9 Å². The molecule has 1 aliphatic rings. The second kappa shape index (κ2) is 4.71. The van der Waals surface area contributed by atoms with Gasteiger partial charge < -0.3 is 4.74 Å². The molecule has 1 fully saturated rings. The van der Waals surface area contributed by atoms with E-state index in [1.807, 2.05) is 0 Å². The molecule has 2 heterocycles. The lowest BCUT2D eigenvalue weighted by Crippen LogP contribution is -2.06. The fourth-order valence-corrected chi connectivity index (χ4v) is 2.94. The summed E-state index contributed by atoms with van der Waals surface area (Å²) in [6.07, 6.45) is 3.32. The fourth-order valence-electron chi connectivity index (χ4n) is 2.01. The molecule has 1 aliphatic carbocycles. The van der Waals surface area contributed by atoms with Gasteiger partial charge in [0, 0.05) is 22.9 Å². The third-order valence-corrected chi connectivity index (χ3v) is 4.13. The predicted octanol–water partition coefficient (Wildman–Crippen LogP) is 1.61. The number of halogens is 1. The van der Waals surface area contributed by atoms with Crippen LogP contribution in [0.1, 0.15) is 18.9 Å². The molecule has 0 aromatic carbocycles. The summed E-state index contributed by atoms with van der Waals surface area (Å²) in [4.78, 5) is 4.08. The van der Waals surface area contributed by atoms with E-state index in [-0.39, 0.29) is 11.2 Å². The Morgan fingerprint density at radius 1 is 1.40 bits per heavy atom. The average Bonchev–Trinajstić information content (AvgIpc) is 3.15. The summed E-state index contributed by atoms with van der Waals surface area (Å²) in [5, 5.41) is 7.43. The van der Waals surface area contributed by atoms with Crippen LogP contribution in [0.5, 0.6) is 5.88 Å². The average molecular weight is 315 g/mol. The second-order valence-corrected chi connectivity index (χ2v) is 6.87. The third-order valence-electron chi connectivity index (χ3n) is 3.00. The maximum Gasteiger partial charge on any atom is 0.296 e. The second-order valence-electron chi connectivity index (χ2n) is 4.41. The summed E-state index contributed by atoms with van der Waals surface area (Å²) < 4.78 is 29.9. The van der Waals surface area contributed by atoms with Crippen LogP contribution in [0.25, 0.3) is 11.4 Å². The van der Waals surface area contributed by atoms with Gasteiger partial charge in [0.25, 0.3) is 14.2 Å². The van der Waals surface area contributed by atoms with Crippen LogP contribution in [0.3, 0.4) is 0 Å². The molecular formula is C11H11ClN4O3S. The standard InChI is InChI=1S/C11H11ClN4O3S/c1-19-10-8(3-2-6-13-10)9-14-15-11(20(12,17)18)16(9)7-4-5-7/h2-3,6-7H,4-5H2,1H3. The van der Waals surface area contributed by atoms with E-state index in [0.29, 0.717) is 17.3 Å². The van der Waals surface area contributed by atoms with Gasteiger partial charge in [-0.25, -0.2) is 13.4 Å². The Morgan fingerprint density at radius 2 is 2.15 bits per heavy atom. The van der Waals surface area contributed by atoms with Gasteiger partial charge in [-0.1, -0.05) is 0 Å². The van der Waals surface area contributed by atoms with Gasteiger partial charge >= 0.3 is 0 Å². The normalized spacial score (nSPS) is 15.3. The minimum Gasteiger partial charge on any atom is -0.480 e. The molecule has 0 aliphatic heterocycles. The zero-order valence-electron chi connectivity index (χ0n) is 10.5. The summed E-state index contributed by atoms with van der Waals surface area (Å²) in [5.41, 5.74) is 0.584. The summed E-state index contributed by atoms with van der Waals surface area (Å²) in [6, 6.07) is 3.52. The molecule has 2 aromatic heterocycles. The van der Waals surface area contributed by atoms with Crippen molar-refractivity contribution < 1.29 is 13.2 Å². The van der Waals surface area contributed by atoms with Crippen molar-refractivity contribution in [3.8, 4) is 17.3 Å². The maximum absolute atomic E-state index is 11.6. The molecule has 0 unspecified atom stereocenters. The first-order valence-corrected chi connectivity index (χ1v) is 8.22. The molecule has 1 saturated carbocycles. The van der Waals surface area contributed by atoms with Crippen LogP contribution in [0, 0.1) is 0 Å². The van der Waals surface area contributed by atoms with Crippen molar-refractivity contribution in [2.45, 2.75) is 24.0 Å². The van der Waals surface area contributed by atoms with Crippen molar-refractivity contribution in [2.24, 2.45) is 0 Å². The van der Waals surface area contributed by atoms with Crippen molar-refractivity contribution in [1.29, 1.82) is 0 Å². The van der Waals surface area contributed by atoms with Gasteiger partial charge in [-0.05, 0) is 25.0 Å². The summed E-state index contributed by atoms with van der Waals surface area (Å²) in [7, 11) is 2.96. The number of pyridine rings is 1. The van der Waals surface area contributed by atoms with Crippen LogP contribution in [0.2, 0.25) is 0 Å². The molecular weight excluding hydrogens is 304 g/mol. The molecule has 0 saturated heterocycles. The lowest BCUT2D eigenvalue weighted by atomic mass is 10.2. The van der Waals surface area contributed by atoms with Crippen molar-refractivity contribution >= 4 is 19.7 Å². The van der Waals surface area contributed by atoms with Crippen LogP contribution in [-0.4, -0.2) is 35.3 Å². The molecule has 0 radical (unpaired) electrons. The first-order valence-electron chi connectivity index (χ1n) is 5.91. The summed E-state index contributed by atoms with van der Waals surface area (Å²) in [6.45, 7) is 0. The van der Waals surface area contributed by atoms with Gasteiger partial charge in [-0.2, -0.15) is 0 Å². The first-order chi connectivity index (χ1) is 9.52. The van der Waals surface area contributed by atoms with Crippen LogP contribution in [0.15, 0.2) is 23.5 Å². The predicted molar refractivity (Wildman–Crippen MR) is 71.1 cm³/mol. The fraction of sp³-hybridized carbons (Fsp3) is 0.364. The Labute approximate surface area is 120 Å². The number of hydrogen-bond donors (Lipinski definition) is 0. The van der Waals surface area contributed by atoms with Crippen LogP contribution in [-0.2, 0) is 9.05 Å². The molecule has 0 atom stereocenters. The van der Waals surface area contributed by atoms with Gasteiger partial charge in [0.05, 0.1) is 12.7 Å².